The molecule has 0 saturated heterocycles. The van der Waals surface area contributed by atoms with Gasteiger partial charge in [-0.15, -0.1) is 0 Å². The maximum absolute atomic E-state index is 12.7. The first kappa shape index (κ1) is 14.2. The van der Waals surface area contributed by atoms with Crippen molar-refractivity contribution in [3.63, 3.8) is 0 Å². The SMILES string of the molecule is CCC1(NC(=O)C2(C(N)=NO)CCCCC2)CCC1. The van der Waals surface area contributed by atoms with Crippen molar-refractivity contribution in [2.24, 2.45) is 16.3 Å². The van der Waals surface area contributed by atoms with Crippen LogP contribution in [0.15, 0.2) is 5.16 Å². The Balaban J connectivity index is 2.16. The molecule has 0 heterocycles. The normalized spacial score (nSPS) is 25.4. The van der Waals surface area contributed by atoms with Gasteiger partial charge in [0.1, 0.15) is 5.41 Å². The van der Waals surface area contributed by atoms with Gasteiger partial charge in [-0.1, -0.05) is 31.3 Å². The summed E-state index contributed by atoms with van der Waals surface area (Å²) in [6, 6.07) is 0. The fraction of sp³-hybridized carbons (Fsp3) is 0.857. The number of carbonyl (C=O) groups excluding carboxylic acids is 1. The summed E-state index contributed by atoms with van der Waals surface area (Å²) in [6.07, 6.45) is 8.62. The van der Waals surface area contributed by atoms with Crippen LogP contribution in [0.3, 0.4) is 0 Å². The number of carbonyl (C=O) groups is 1. The van der Waals surface area contributed by atoms with Crippen molar-refractivity contribution in [3.8, 4) is 0 Å². The maximum Gasteiger partial charge on any atom is 0.234 e. The van der Waals surface area contributed by atoms with Crippen molar-refractivity contribution in [1.29, 1.82) is 0 Å². The predicted octanol–water partition coefficient (Wildman–Crippen LogP) is 2.13. The van der Waals surface area contributed by atoms with Crippen LogP contribution in [0.5, 0.6) is 0 Å². The molecule has 1 amide bonds. The first-order valence-electron chi connectivity index (χ1n) is 7.39. The summed E-state index contributed by atoms with van der Waals surface area (Å²) in [5, 5.41) is 15.3. The number of rotatable bonds is 4. The Morgan fingerprint density at radius 1 is 1.21 bits per heavy atom. The molecule has 0 atom stereocenters. The minimum atomic E-state index is -0.787. The largest absolute Gasteiger partial charge is 0.409 e. The van der Waals surface area contributed by atoms with E-state index in [1.807, 2.05) is 0 Å². The molecule has 0 aromatic heterocycles. The number of amides is 1. The van der Waals surface area contributed by atoms with Crippen LogP contribution in [0.2, 0.25) is 0 Å². The van der Waals surface area contributed by atoms with Gasteiger partial charge < -0.3 is 16.3 Å². The monoisotopic (exact) mass is 267 g/mol. The van der Waals surface area contributed by atoms with Gasteiger partial charge in [0.25, 0.3) is 0 Å². The van der Waals surface area contributed by atoms with Crippen LogP contribution in [-0.2, 0) is 4.79 Å². The van der Waals surface area contributed by atoms with E-state index < -0.39 is 5.41 Å². The van der Waals surface area contributed by atoms with E-state index in [0.717, 1.165) is 38.5 Å². The van der Waals surface area contributed by atoms with Gasteiger partial charge in [0.05, 0.1) is 0 Å². The van der Waals surface area contributed by atoms with Gasteiger partial charge in [0.2, 0.25) is 5.91 Å². The molecule has 19 heavy (non-hydrogen) atoms. The van der Waals surface area contributed by atoms with Crippen LogP contribution >= 0.6 is 0 Å². The summed E-state index contributed by atoms with van der Waals surface area (Å²) in [7, 11) is 0. The van der Waals surface area contributed by atoms with Crippen LogP contribution in [0.1, 0.15) is 64.7 Å². The van der Waals surface area contributed by atoms with E-state index >= 15 is 0 Å². The number of nitrogens with zero attached hydrogens (tertiary/aromatic N) is 1. The third-order valence-electron chi connectivity index (χ3n) is 5.11. The summed E-state index contributed by atoms with van der Waals surface area (Å²) in [4.78, 5) is 12.7. The quantitative estimate of drug-likeness (QED) is 0.315. The second kappa shape index (κ2) is 5.39. The minimum absolute atomic E-state index is 0.0379. The van der Waals surface area contributed by atoms with Crippen molar-refractivity contribution in [3.05, 3.63) is 0 Å². The zero-order chi connectivity index (χ0) is 13.9. The zero-order valence-electron chi connectivity index (χ0n) is 11.7. The molecule has 0 unspecified atom stereocenters. The third kappa shape index (κ3) is 2.42. The minimum Gasteiger partial charge on any atom is -0.409 e. The maximum atomic E-state index is 12.7. The number of amidine groups is 1. The predicted molar refractivity (Wildman–Crippen MR) is 73.9 cm³/mol. The van der Waals surface area contributed by atoms with E-state index in [1.54, 1.807) is 0 Å². The number of hydrogen-bond acceptors (Lipinski definition) is 3. The Hall–Kier alpha value is -1.26. The summed E-state index contributed by atoms with van der Waals surface area (Å²) in [6.45, 7) is 2.11. The van der Waals surface area contributed by atoms with E-state index in [-0.39, 0.29) is 17.3 Å². The van der Waals surface area contributed by atoms with E-state index in [9.17, 15) is 4.79 Å². The van der Waals surface area contributed by atoms with Crippen LogP contribution in [0, 0.1) is 5.41 Å². The topological polar surface area (TPSA) is 87.7 Å². The van der Waals surface area contributed by atoms with Crippen LogP contribution in [0.25, 0.3) is 0 Å². The smallest absolute Gasteiger partial charge is 0.234 e. The van der Waals surface area contributed by atoms with Gasteiger partial charge in [-0.2, -0.15) is 0 Å². The van der Waals surface area contributed by atoms with Crippen molar-refractivity contribution in [2.45, 2.75) is 70.3 Å². The Kier molecular flexibility index (Phi) is 4.02. The van der Waals surface area contributed by atoms with Gasteiger partial charge in [-0.05, 0) is 38.5 Å². The molecular formula is C14H25N3O2. The highest BCUT2D eigenvalue weighted by Gasteiger charge is 2.47. The second-order valence-corrected chi connectivity index (χ2v) is 6.07. The molecule has 0 aliphatic heterocycles. The van der Waals surface area contributed by atoms with Gasteiger partial charge in [-0.3, -0.25) is 4.79 Å². The highest BCUT2D eigenvalue weighted by atomic mass is 16.4. The molecule has 5 heteroatoms. The number of nitrogens with one attached hydrogen (secondary N) is 1. The molecule has 2 aliphatic carbocycles. The van der Waals surface area contributed by atoms with Crippen molar-refractivity contribution >= 4 is 11.7 Å². The fourth-order valence-corrected chi connectivity index (χ4v) is 3.38. The molecule has 0 aromatic rings. The molecule has 0 radical (unpaired) electrons. The van der Waals surface area contributed by atoms with E-state index in [1.165, 1.54) is 6.42 Å². The van der Waals surface area contributed by atoms with E-state index in [2.05, 4.69) is 17.4 Å². The first-order valence-corrected chi connectivity index (χ1v) is 7.39. The second-order valence-electron chi connectivity index (χ2n) is 6.07. The number of hydrogen-bond donors (Lipinski definition) is 3. The average molecular weight is 267 g/mol. The van der Waals surface area contributed by atoms with Crippen LogP contribution in [-0.4, -0.2) is 22.5 Å². The molecule has 2 aliphatic rings. The molecule has 5 nitrogen and oxygen atoms in total. The Morgan fingerprint density at radius 2 is 1.84 bits per heavy atom. The lowest BCUT2D eigenvalue weighted by Crippen LogP contribution is -2.60. The van der Waals surface area contributed by atoms with E-state index in [4.69, 9.17) is 10.9 Å². The Labute approximate surface area is 114 Å². The summed E-state index contributed by atoms with van der Waals surface area (Å²) in [5.74, 6) is 0.0410. The standard InChI is InChI=1S/C14H25N3O2/c1-2-13(7-6-8-13)16-12(18)14(11(15)17-19)9-4-3-5-10-14/h19H,2-10H2,1H3,(H2,15,17)(H,16,18). The molecule has 0 spiro atoms. The van der Waals surface area contributed by atoms with Crippen LogP contribution in [0.4, 0.5) is 0 Å². The van der Waals surface area contributed by atoms with Crippen molar-refractivity contribution in [1.82, 2.24) is 5.32 Å². The molecule has 4 N–H and O–H groups in total. The molecular weight excluding hydrogens is 242 g/mol. The third-order valence-corrected chi connectivity index (χ3v) is 5.11. The highest BCUT2D eigenvalue weighted by Crippen LogP contribution is 2.40. The highest BCUT2D eigenvalue weighted by molar-refractivity contribution is 6.07. The van der Waals surface area contributed by atoms with Gasteiger partial charge in [-0.25, -0.2) is 0 Å². The van der Waals surface area contributed by atoms with Crippen molar-refractivity contribution < 1.29 is 10.0 Å². The zero-order valence-corrected chi connectivity index (χ0v) is 11.7. The molecule has 2 rings (SSSR count). The van der Waals surface area contributed by atoms with Gasteiger partial charge in [0, 0.05) is 5.54 Å². The Morgan fingerprint density at radius 3 is 2.26 bits per heavy atom. The molecule has 2 fully saturated rings. The van der Waals surface area contributed by atoms with Crippen molar-refractivity contribution in [2.75, 3.05) is 0 Å². The fourth-order valence-electron chi connectivity index (χ4n) is 3.38. The molecule has 108 valence electrons. The molecule has 0 aromatic carbocycles. The van der Waals surface area contributed by atoms with Gasteiger partial charge >= 0.3 is 0 Å². The molecule has 0 bridgehead atoms. The lowest BCUT2D eigenvalue weighted by atomic mass is 9.69. The number of nitrogens with two attached hydrogens (primary N) is 1. The summed E-state index contributed by atoms with van der Waals surface area (Å²) >= 11 is 0. The van der Waals surface area contributed by atoms with E-state index in [0.29, 0.717) is 12.8 Å². The number of oxime groups is 1. The lowest BCUT2D eigenvalue weighted by molar-refractivity contribution is -0.132. The summed E-state index contributed by atoms with van der Waals surface area (Å²) < 4.78 is 0. The Bertz CT molecular complexity index is 363. The average Bonchev–Trinajstić information content (AvgIpc) is 2.42. The molecule has 2 saturated carbocycles. The first-order chi connectivity index (χ1) is 9.08. The van der Waals surface area contributed by atoms with Gasteiger partial charge in [0.15, 0.2) is 5.84 Å². The summed E-state index contributed by atoms with van der Waals surface area (Å²) in [5.41, 5.74) is 5.01. The lowest BCUT2D eigenvalue weighted by Gasteiger charge is -2.45. The van der Waals surface area contributed by atoms with Crippen LogP contribution < -0.4 is 11.1 Å².